The number of hydrogen-bond donors (Lipinski definition) is 2. The number of nitrogens with zero attached hydrogens (tertiary/aromatic N) is 1. The quantitative estimate of drug-likeness (QED) is 0.779. The number of aliphatic imine (C=N–C) groups is 1. The van der Waals surface area contributed by atoms with Crippen molar-refractivity contribution in [3.05, 3.63) is 15.7 Å². The second kappa shape index (κ2) is 4.82. The Hall–Kier alpha value is -1.11. The molecule has 0 unspecified atom stereocenters. The lowest BCUT2D eigenvalue weighted by atomic mass is 10.2. The zero-order chi connectivity index (χ0) is 11.5. The maximum atomic E-state index is 11.1. The van der Waals surface area contributed by atoms with Crippen LogP contribution in [-0.2, 0) is 4.79 Å². The largest absolute Gasteiger partial charge is 0.381 e. The Morgan fingerprint density at radius 1 is 1.56 bits per heavy atom. The van der Waals surface area contributed by atoms with Crippen LogP contribution in [0.15, 0.2) is 17.1 Å². The van der Waals surface area contributed by atoms with Crippen LogP contribution in [0.2, 0.25) is 0 Å². The second-order valence-corrected chi connectivity index (χ2v) is 4.69. The molecule has 0 atom stereocenters. The zero-order valence-electron chi connectivity index (χ0n) is 8.88. The van der Waals surface area contributed by atoms with E-state index in [1.165, 1.54) is 6.92 Å². The minimum Gasteiger partial charge on any atom is -0.381 e. The number of anilines is 2. The highest BCUT2D eigenvalue weighted by Gasteiger charge is 2.13. The van der Waals surface area contributed by atoms with E-state index in [-0.39, 0.29) is 5.91 Å². The first kappa shape index (κ1) is 11.4. The van der Waals surface area contributed by atoms with Crippen molar-refractivity contribution >= 4 is 51.8 Å². The average molecular weight is 329 g/mol. The third-order valence-electron chi connectivity index (χ3n) is 2.23. The lowest BCUT2D eigenvalue weighted by Gasteiger charge is -2.13. The van der Waals surface area contributed by atoms with E-state index in [4.69, 9.17) is 0 Å². The molecule has 4 nitrogen and oxygen atoms in total. The fourth-order valence-corrected chi connectivity index (χ4v) is 2.17. The van der Waals surface area contributed by atoms with Crippen LogP contribution in [-0.4, -0.2) is 18.7 Å². The summed E-state index contributed by atoms with van der Waals surface area (Å²) in [6.45, 7) is 2.34. The molecule has 0 radical (unpaired) electrons. The van der Waals surface area contributed by atoms with Crippen molar-refractivity contribution in [2.24, 2.45) is 4.99 Å². The van der Waals surface area contributed by atoms with Crippen molar-refractivity contribution in [2.45, 2.75) is 13.3 Å². The molecule has 2 N–H and O–H groups in total. The predicted octanol–water partition coefficient (Wildman–Crippen LogP) is 2.77. The Balaban J connectivity index is 2.49. The first-order valence-electron chi connectivity index (χ1n) is 5.05. The average Bonchev–Trinajstić information content (AvgIpc) is 2.47. The second-order valence-electron chi connectivity index (χ2n) is 3.53. The number of hydrogen-bond acceptors (Lipinski definition) is 3. The smallest absolute Gasteiger partial charge is 0.221 e. The van der Waals surface area contributed by atoms with Crippen LogP contribution in [0.4, 0.5) is 17.1 Å². The molecular weight excluding hydrogens is 317 g/mol. The molecule has 0 saturated carbocycles. The first-order valence-corrected chi connectivity index (χ1v) is 6.13. The number of amides is 1. The van der Waals surface area contributed by atoms with Crippen molar-refractivity contribution in [3.8, 4) is 0 Å². The molecule has 1 amide bonds. The van der Waals surface area contributed by atoms with Gasteiger partial charge in [-0.3, -0.25) is 9.79 Å². The number of benzene rings is 1. The lowest BCUT2D eigenvalue weighted by Crippen LogP contribution is -2.10. The van der Waals surface area contributed by atoms with E-state index < -0.39 is 0 Å². The fourth-order valence-electron chi connectivity index (χ4n) is 1.58. The summed E-state index contributed by atoms with van der Waals surface area (Å²) >= 11 is 2.24. The molecule has 1 aromatic rings. The number of carbonyl (C=O) groups is 1. The van der Waals surface area contributed by atoms with E-state index in [9.17, 15) is 4.79 Å². The standard InChI is InChI=1S/C11H12IN3O/c1-7(16)15-9-4-3-8(12)10-11(9)14-6-2-5-13-10/h3-5,14H,2,6H2,1H3,(H,15,16). The number of halogens is 1. The molecule has 0 aliphatic carbocycles. The molecule has 0 aromatic heterocycles. The van der Waals surface area contributed by atoms with Crippen LogP contribution >= 0.6 is 22.6 Å². The van der Waals surface area contributed by atoms with Crippen molar-refractivity contribution in [2.75, 3.05) is 17.2 Å². The molecule has 1 heterocycles. The maximum absolute atomic E-state index is 11.1. The summed E-state index contributed by atoms with van der Waals surface area (Å²) in [7, 11) is 0. The van der Waals surface area contributed by atoms with Gasteiger partial charge in [0, 0.05) is 29.7 Å². The predicted molar refractivity (Wildman–Crippen MR) is 74.7 cm³/mol. The van der Waals surface area contributed by atoms with Gasteiger partial charge in [0.2, 0.25) is 5.91 Å². The fraction of sp³-hybridized carbons (Fsp3) is 0.273. The maximum Gasteiger partial charge on any atom is 0.221 e. The van der Waals surface area contributed by atoms with Crippen molar-refractivity contribution in [1.29, 1.82) is 0 Å². The Morgan fingerprint density at radius 3 is 3.12 bits per heavy atom. The highest BCUT2D eigenvalue weighted by molar-refractivity contribution is 14.1. The molecule has 2 rings (SSSR count). The molecule has 5 heteroatoms. The van der Waals surface area contributed by atoms with Crippen molar-refractivity contribution < 1.29 is 4.79 Å². The van der Waals surface area contributed by atoms with Crippen molar-refractivity contribution in [3.63, 3.8) is 0 Å². The normalized spacial score (nSPS) is 13.6. The Bertz CT molecular complexity index is 457. The van der Waals surface area contributed by atoms with Crippen LogP contribution in [0.3, 0.4) is 0 Å². The van der Waals surface area contributed by atoms with Crippen LogP contribution in [0.1, 0.15) is 13.3 Å². The molecule has 1 aromatic carbocycles. The summed E-state index contributed by atoms with van der Waals surface area (Å²) < 4.78 is 1.08. The number of nitrogens with one attached hydrogen (secondary N) is 2. The molecule has 0 fully saturated rings. The van der Waals surface area contributed by atoms with E-state index in [1.54, 1.807) is 0 Å². The summed E-state index contributed by atoms with van der Waals surface area (Å²) in [4.78, 5) is 15.5. The monoisotopic (exact) mass is 329 g/mol. The summed E-state index contributed by atoms with van der Waals surface area (Å²) in [6.07, 6.45) is 2.79. The molecule has 1 aliphatic rings. The van der Waals surface area contributed by atoms with Gasteiger partial charge in [-0.2, -0.15) is 0 Å². The molecule has 0 saturated heterocycles. The minimum atomic E-state index is -0.0709. The van der Waals surface area contributed by atoms with Crippen LogP contribution in [0.5, 0.6) is 0 Å². The van der Waals surface area contributed by atoms with Gasteiger partial charge in [0.25, 0.3) is 0 Å². The van der Waals surface area contributed by atoms with Gasteiger partial charge in [0.05, 0.1) is 11.4 Å². The number of carbonyl (C=O) groups excluding carboxylic acids is 1. The Labute approximate surface area is 108 Å². The summed E-state index contributed by atoms with van der Waals surface area (Å²) in [6, 6.07) is 3.85. The van der Waals surface area contributed by atoms with Gasteiger partial charge in [0.1, 0.15) is 5.69 Å². The van der Waals surface area contributed by atoms with E-state index in [0.29, 0.717) is 0 Å². The first-order chi connectivity index (χ1) is 7.68. The Kier molecular flexibility index (Phi) is 3.42. The highest BCUT2D eigenvalue weighted by atomic mass is 127. The third-order valence-corrected chi connectivity index (χ3v) is 3.11. The van der Waals surface area contributed by atoms with Gasteiger partial charge < -0.3 is 10.6 Å². The van der Waals surface area contributed by atoms with E-state index in [0.717, 1.165) is 33.6 Å². The minimum absolute atomic E-state index is 0.0709. The topological polar surface area (TPSA) is 53.5 Å². The van der Waals surface area contributed by atoms with Gasteiger partial charge in [-0.05, 0) is 34.7 Å². The molecule has 1 aliphatic heterocycles. The van der Waals surface area contributed by atoms with Crippen LogP contribution in [0, 0.1) is 3.57 Å². The summed E-state index contributed by atoms with van der Waals surface area (Å²) in [5.74, 6) is -0.0709. The summed E-state index contributed by atoms with van der Waals surface area (Å²) in [5, 5.41) is 6.10. The van der Waals surface area contributed by atoms with Gasteiger partial charge in [-0.25, -0.2) is 0 Å². The van der Waals surface area contributed by atoms with Crippen molar-refractivity contribution in [1.82, 2.24) is 0 Å². The molecule has 16 heavy (non-hydrogen) atoms. The third kappa shape index (κ3) is 2.34. The van der Waals surface area contributed by atoms with Gasteiger partial charge in [-0.1, -0.05) is 0 Å². The molecule has 0 spiro atoms. The molecular formula is C11H12IN3O. The summed E-state index contributed by atoms with van der Waals surface area (Å²) in [5.41, 5.74) is 2.61. The molecule has 0 bridgehead atoms. The van der Waals surface area contributed by atoms with Crippen LogP contribution in [0.25, 0.3) is 0 Å². The lowest BCUT2D eigenvalue weighted by molar-refractivity contribution is -0.114. The van der Waals surface area contributed by atoms with Gasteiger partial charge >= 0.3 is 0 Å². The van der Waals surface area contributed by atoms with E-state index in [1.807, 2.05) is 18.3 Å². The van der Waals surface area contributed by atoms with Gasteiger partial charge in [-0.15, -0.1) is 0 Å². The number of fused-ring (bicyclic) bond motifs is 1. The van der Waals surface area contributed by atoms with Crippen LogP contribution < -0.4 is 10.6 Å². The number of rotatable bonds is 1. The Morgan fingerprint density at radius 2 is 2.38 bits per heavy atom. The zero-order valence-corrected chi connectivity index (χ0v) is 11.0. The van der Waals surface area contributed by atoms with E-state index in [2.05, 4.69) is 38.2 Å². The van der Waals surface area contributed by atoms with Gasteiger partial charge in [0.15, 0.2) is 0 Å². The van der Waals surface area contributed by atoms with E-state index >= 15 is 0 Å². The highest BCUT2D eigenvalue weighted by Crippen LogP contribution is 2.37. The SMILES string of the molecule is CC(=O)Nc1ccc(I)c2c1NCCC=N2. The molecule has 84 valence electrons.